The Hall–Kier alpha value is -2.57. The molecule has 1 aliphatic rings. The Bertz CT molecular complexity index is 1060. The van der Waals surface area contributed by atoms with Crippen LogP contribution in [0.3, 0.4) is 0 Å². The van der Waals surface area contributed by atoms with E-state index < -0.39 is 34.1 Å². The Kier molecular flexibility index (Phi) is 4.66. The molecule has 3 rings (SSSR count). The Labute approximate surface area is 154 Å². The fourth-order valence-electron chi connectivity index (χ4n) is 3.14. The number of sulfone groups is 1. The molecule has 0 fully saturated rings. The quantitative estimate of drug-likeness (QED) is 0.716. The van der Waals surface area contributed by atoms with Gasteiger partial charge in [-0.25, -0.2) is 26.4 Å². The molecule has 0 saturated heterocycles. The molecule has 2 aromatic rings. The maximum Gasteiger partial charge on any atom is 0.282 e. The molecule has 0 amide bonds. The molecular formula is C18H14F3NO4S. The number of ether oxygens (including phenoxy) is 2. The molecular weight excluding hydrogens is 383 g/mol. The molecule has 2 aromatic carbocycles. The first-order valence-electron chi connectivity index (χ1n) is 7.69. The van der Waals surface area contributed by atoms with Crippen molar-refractivity contribution in [3.63, 3.8) is 0 Å². The molecule has 0 heterocycles. The molecule has 0 radical (unpaired) electrons. The molecule has 27 heavy (non-hydrogen) atoms. The standard InChI is InChI=1S/C18H14F3NO4S/c1-22-11-6-10(19)7-12(8-11)26-14-4-5-15(27(3,23)24)16-13(14)9-18(20,21)17(16)25-2/h4-8,17H,9H2,2-3H3/t17-/m0/s1. The summed E-state index contributed by atoms with van der Waals surface area (Å²) in [5.41, 5.74) is -0.206. The van der Waals surface area contributed by atoms with E-state index in [2.05, 4.69) is 4.85 Å². The van der Waals surface area contributed by atoms with E-state index >= 15 is 0 Å². The Morgan fingerprint density at radius 2 is 1.96 bits per heavy atom. The number of nitrogens with zero attached hydrogens (tertiary/aromatic N) is 1. The molecule has 9 heteroatoms. The third-order valence-corrected chi connectivity index (χ3v) is 5.34. The van der Waals surface area contributed by atoms with Crippen molar-refractivity contribution in [3.05, 3.63) is 58.7 Å². The van der Waals surface area contributed by atoms with Crippen LogP contribution in [-0.4, -0.2) is 27.7 Å². The van der Waals surface area contributed by atoms with E-state index in [-0.39, 0.29) is 33.2 Å². The van der Waals surface area contributed by atoms with Gasteiger partial charge in [0.1, 0.15) is 23.4 Å². The highest BCUT2D eigenvalue weighted by molar-refractivity contribution is 7.90. The second-order valence-corrected chi connectivity index (χ2v) is 8.12. The van der Waals surface area contributed by atoms with Gasteiger partial charge in [-0.15, -0.1) is 0 Å². The zero-order valence-electron chi connectivity index (χ0n) is 14.3. The van der Waals surface area contributed by atoms with Crippen LogP contribution in [0.5, 0.6) is 11.5 Å². The number of hydrogen-bond donors (Lipinski definition) is 0. The van der Waals surface area contributed by atoms with E-state index in [1.165, 1.54) is 12.1 Å². The number of benzene rings is 2. The van der Waals surface area contributed by atoms with Gasteiger partial charge in [-0.3, -0.25) is 0 Å². The molecule has 0 bridgehead atoms. The van der Waals surface area contributed by atoms with Crippen LogP contribution in [0.15, 0.2) is 35.2 Å². The monoisotopic (exact) mass is 397 g/mol. The predicted octanol–water partition coefficient (Wildman–Crippen LogP) is 4.45. The van der Waals surface area contributed by atoms with Crippen molar-refractivity contribution in [1.29, 1.82) is 0 Å². The number of methoxy groups -OCH3 is 1. The average Bonchev–Trinajstić information content (AvgIpc) is 2.83. The lowest BCUT2D eigenvalue weighted by molar-refractivity contribution is -0.115. The number of alkyl halides is 2. The van der Waals surface area contributed by atoms with Gasteiger partial charge in [0.05, 0.1) is 11.5 Å². The lowest BCUT2D eigenvalue weighted by Crippen LogP contribution is -2.24. The highest BCUT2D eigenvalue weighted by Gasteiger charge is 2.51. The fourth-order valence-corrected chi connectivity index (χ4v) is 4.09. The summed E-state index contributed by atoms with van der Waals surface area (Å²) in [6.45, 7) is 6.96. The molecule has 0 spiro atoms. The summed E-state index contributed by atoms with van der Waals surface area (Å²) in [7, 11) is -2.73. The van der Waals surface area contributed by atoms with Gasteiger partial charge in [0.2, 0.25) is 0 Å². The molecule has 0 unspecified atom stereocenters. The summed E-state index contributed by atoms with van der Waals surface area (Å²) in [6.07, 6.45) is -1.61. The van der Waals surface area contributed by atoms with Gasteiger partial charge in [-0.1, -0.05) is 0 Å². The van der Waals surface area contributed by atoms with Crippen molar-refractivity contribution in [2.45, 2.75) is 23.3 Å². The van der Waals surface area contributed by atoms with Crippen molar-refractivity contribution in [1.82, 2.24) is 0 Å². The summed E-state index contributed by atoms with van der Waals surface area (Å²) < 4.78 is 76.9. The molecule has 0 saturated carbocycles. The minimum atomic E-state index is -3.80. The lowest BCUT2D eigenvalue weighted by Gasteiger charge is -2.19. The zero-order chi connectivity index (χ0) is 20.0. The minimum Gasteiger partial charge on any atom is -0.458 e. The van der Waals surface area contributed by atoms with E-state index in [1.807, 2.05) is 0 Å². The highest BCUT2D eigenvalue weighted by Crippen LogP contribution is 2.51. The predicted molar refractivity (Wildman–Crippen MR) is 90.7 cm³/mol. The first-order chi connectivity index (χ1) is 12.6. The van der Waals surface area contributed by atoms with E-state index in [1.54, 1.807) is 0 Å². The third-order valence-electron chi connectivity index (χ3n) is 4.18. The Morgan fingerprint density at radius 3 is 2.56 bits per heavy atom. The van der Waals surface area contributed by atoms with Gasteiger partial charge in [-0.2, -0.15) is 0 Å². The summed E-state index contributed by atoms with van der Waals surface area (Å²) >= 11 is 0. The molecule has 5 nitrogen and oxygen atoms in total. The summed E-state index contributed by atoms with van der Waals surface area (Å²) in [5.74, 6) is -4.15. The van der Waals surface area contributed by atoms with Crippen LogP contribution in [0.25, 0.3) is 4.85 Å². The van der Waals surface area contributed by atoms with Gasteiger partial charge >= 0.3 is 0 Å². The van der Waals surface area contributed by atoms with Crippen LogP contribution < -0.4 is 4.74 Å². The van der Waals surface area contributed by atoms with Gasteiger partial charge in [0.15, 0.2) is 15.5 Å². The van der Waals surface area contributed by atoms with Crippen molar-refractivity contribution in [2.24, 2.45) is 0 Å². The van der Waals surface area contributed by atoms with Crippen molar-refractivity contribution in [2.75, 3.05) is 13.4 Å². The van der Waals surface area contributed by atoms with Crippen LogP contribution >= 0.6 is 0 Å². The van der Waals surface area contributed by atoms with E-state index in [0.29, 0.717) is 0 Å². The molecule has 142 valence electrons. The summed E-state index contributed by atoms with van der Waals surface area (Å²) in [5, 5.41) is 0. The van der Waals surface area contributed by atoms with Crippen LogP contribution in [-0.2, 0) is 21.0 Å². The Balaban J connectivity index is 2.17. The van der Waals surface area contributed by atoms with Crippen LogP contribution in [0.4, 0.5) is 18.9 Å². The lowest BCUT2D eigenvalue weighted by atomic mass is 10.1. The highest BCUT2D eigenvalue weighted by atomic mass is 32.2. The topological polar surface area (TPSA) is 57.0 Å². The maximum atomic E-state index is 14.4. The number of fused-ring (bicyclic) bond motifs is 1. The second-order valence-electron chi connectivity index (χ2n) is 6.14. The van der Waals surface area contributed by atoms with Crippen molar-refractivity contribution in [3.8, 4) is 11.5 Å². The van der Waals surface area contributed by atoms with Gasteiger partial charge < -0.3 is 9.47 Å². The average molecular weight is 397 g/mol. The zero-order valence-corrected chi connectivity index (χ0v) is 15.1. The first-order valence-corrected chi connectivity index (χ1v) is 9.58. The summed E-state index contributed by atoms with van der Waals surface area (Å²) in [4.78, 5) is 2.84. The SMILES string of the molecule is [C-]#[N+]c1cc(F)cc(Oc2ccc(S(C)(=O)=O)c3c2CC(F)(F)[C@H]3OC)c1. The van der Waals surface area contributed by atoms with E-state index in [9.17, 15) is 21.6 Å². The van der Waals surface area contributed by atoms with E-state index in [0.717, 1.165) is 31.6 Å². The maximum absolute atomic E-state index is 14.4. The summed E-state index contributed by atoms with van der Waals surface area (Å²) in [6, 6.07) is 5.67. The first kappa shape index (κ1) is 19.2. The smallest absolute Gasteiger partial charge is 0.282 e. The van der Waals surface area contributed by atoms with Gasteiger partial charge in [-0.05, 0) is 24.3 Å². The van der Waals surface area contributed by atoms with Crippen LogP contribution in [0.2, 0.25) is 0 Å². The van der Waals surface area contributed by atoms with Crippen molar-refractivity contribution >= 4 is 15.5 Å². The van der Waals surface area contributed by atoms with Crippen molar-refractivity contribution < 1.29 is 31.1 Å². The van der Waals surface area contributed by atoms with Gasteiger partial charge in [0.25, 0.3) is 5.92 Å². The van der Waals surface area contributed by atoms with Crippen LogP contribution in [0.1, 0.15) is 17.2 Å². The molecule has 0 aliphatic heterocycles. The molecule has 0 N–H and O–H groups in total. The minimum absolute atomic E-state index is 0.0190. The largest absolute Gasteiger partial charge is 0.458 e. The Morgan fingerprint density at radius 1 is 1.26 bits per heavy atom. The fraction of sp³-hybridized carbons (Fsp3) is 0.278. The number of hydrogen-bond acceptors (Lipinski definition) is 4. The molecule has 1 aliphatic carbocycles. The number of halogens is 3. The molecule has 1 atom stereocenters. The van der Waals surface area contributed by atoms with E-state index in [4.69, 9.17) is 16.0 Å². The third kappa shape index (κ3) is 3.50. The second kappa shape index (κ2) is 6.55. The van der Waals surface area contributed by atoms with Gasteiger partial charge in [0, 0.05) is 37.0 Å². The number of rotatable bonds is 4. The normalized spacial score (nSPS) is 18.0. The van der Waals surface area contributed by atoms with Crippen LogP contribution in [0, 0.1) is 12.4 Å². The molecule has 0 aromatic heterocycles.